The first-order valence-electron chi connectivity index (χ1n) is 9.12. The van der Waals surface area contributed by atoms with Gasteiger partial charge in [0.15, 0.2) is 5.96 Å². The summed E-state index contributed by atoms with van der Waals surface area (Å²) in [4.78, 5) is 14.8. The van der Waals surface area contributed by atoms with E-state index < -0.39 is 0 Å². The standard InChI is InChI=1S/C19H26N6.HI/c1-20-19(23-15-9-10-25(13-15)16-7-8-16)22-12-18-21-11-17(24-18)14-5-3-2-4-6-14;/h2-6,11,15-16H,7-10,12-13H2,1H3,(H,21,24)(H2,20,22,23);1H. The van der Waals surface area contributed by atoms with E-state index in [0.717, 1.165) is 35.6 Å². The molecule has 1 saturated carbocycles. The quantitative estimate of drug-likeness (QED) is 0.360. The van der Waals surface area contributed by atoms with Gasteiger partial charge in [0.25, 0.3) is 0 Å². The molecule has 2 aliphatic rings. The number of aromatic amines is 1. The van der Waals surface area contributed by atoms with Crippen molar-refractivity contribution < 1.29 is 0 Å². The summed E-state index contributed by atoms with van der Waals surface area (Å²) in [5.41, 5.74) is 2.19. The molecule has 1 aromatic carbocycles. The van der Waals surface area contributed by atoms with Gasteiger partial charge in [-0.05, 0) is 24.8 Å². The molecular formula is C19H27IN6. The number of imidazole rings is 1. The second-order valence-electron chi connectivity index (χ2n) is 6.89. The summed E-state index contributed by atoms with van der Waals surface area (Å²) in [5.74, 6) is 1.76. The van der Waals surface area contributed by atoms with E-state index in [1.54, 1.807) is 0 Å². The number of hydrogen-bond donors (Lipinski definition) is 3. The van der Waals surface area contributed by atoms with E-state index in [1.165, 1.54) is 25.8 Å². The molecule has 1 aliphatic heterocycles. The molecule has 3 N–H and O–H groups in total. The molecule has 26 heavy (non-hydrogen) atoms. The van der Waals surface area contributed by atoms with Gasteiger partial charge in [-0.2, -0.15) is 0 Å². The molecule has 0 radical (unpaired) electrons. The first-order valence-corrected chi connectivity index (χ1v) is 9.12. The summed E-state index contributed by atoms with van der Waals surface area (Å²) in [7, 11) is 1.82. The van der Waals surface area contributed by atoms with Gasteiger partial charge in [-0.1, -0.05) is 30.3 Å². The predicted octanol–water partition coefficient (Wildman–Crippen LogP) is 2.60. The van der Waals surface area contributed by atoms with Crippen LogP contribution in [0.5, 0.6) is 0 Å². The first kappa shape index (κ1) is 19.2. The van der Waals surface area contributed by atoms with Gasteiger partial charge in [-0.25, -0.2) is 4.98 Å². The molecular weight excluding hydrogens is 439 g/mol. The van der Waals surface area contributed by atoms with Crippen LogP contribution < -0.4 is 10.6 Å². The normalized spacial score (nSPS) is 20.7. The van der Waals surface area contributed by atoms with Crippen LogP contribution in [0.25, 0.3) is 11.3 Å². The SMILES string of the molecule is CN=C(NCc1ncc(-c2ccccc2)[nH]1)NC1CCN(C2CC2)C1.I. The lowest BCUT2D eigenvalue weighted by Crippen LogP contribution is -2.44. The molecule has 6 nitrogen and oxygen atoms in total. The van der Waals surface area contributed by atoms with Crippen LogP contribution in [0.2, 0.25) is 0 Å². The average Bonchev–Trinajstić information content (AvgIpc) is 3.21. The Bertz CT molecular complexity index is 725. The van der Waals surface area contributed by atoms with Crippen LogP contribution >= 0.6 is 24.0 Å². The third kappa shape index (κ3) is 4.76. The summed E-state index contributed by atoms with van der Waals surface area (Å²) in [5, 5.41) is 6.91. The van der Waals surface area contributed by atoms with Crippen molar-refractivity contribution in [2.75, 3.05) is 20.1 Å². The third-order valence-electron chi connectivity index (χ3n) is 4.98. The Balaban J connectivity index is 0.00000196. The van der Waals surface area contributed by atoms with Crippen molar-refractivity contribution in [3.8, 4) is 11.3 Å². The Morgan fingerprint density at radius 2 is 2.08 bits per heavy atom. The second-order valence-corrected chi connectivity index (χ2v) is 6.89. The minimum atomic E-state index is 0. The molecule has 4 rings (SSSR count). The van der Waals surface area contributed by atoms with E-state index in [0.29, 0.717) is 12.6 Å². The van der Waals surface area contributed by atoms with Crippen LogP contribution in [-0.4, -0.2) is 53.0 Å². The van der Waals surface area contributed by atoms with Crippen molar-refractivity contribution in [1.82, 2.24) is 25.5 Å². The van der Waals surface area contributed by atoms with E-state index in [9.17, 15) is 0 Å². The highest BCUT2D eigenvalue weighted by atomic mass is 127. The number of nitrogens with zero attached hydrogens (tertiary/aromatic N) is 3. The number of halogens is 1. The minimum Gasteiger partial charge on any atom is -0.352 e. The number of aromatic nitrogens is 2. The number of nitrogens with one attached hydrogen (secondary N) is 3. The van der Waals surface area contributed by atoms with E-state index >= 15 is 0 Å². The van der Waals surface area contributed by atoms with Crippen LogP contribution in [0.15, 0.2) is 41.5 Å². The molecule has 1 aromatic heterocycles. The Kier molecular flexibility index (Phi) is 6.53. The molecule has 1 saturated heterocycles. The maximum absolute atomic E-state index is 4.47. The molecule has 0 amide bonds. The second kappa shape index (κ2) is 8.85. The number of aliphatic imine (C=N–C) groups is 1. The minimum absolute atomic E-state index is 0. The van der Waals surface area contributed by atoms with Gasteiger partial charge in [0.1, 0.15) is 5.82 Å². The van der Waals surface area contributed by atoms with Crippen molar-refractivity contribution >= 4 is 29.9 Å². The van der Waals surface area contributed by atoms with Gasteiger partial charge in [0.2, 0.25) is 0 Å². The van der Waals surface area contributed by atoms with Gasteiger partial charge in [-0.3, -0.25) is 9.89 Å². The highest BCUT2D eigenvalue weighted by Gasteiger charge is 2.34. The van der Waals surface area contributed by atoms with Crippen LogP contribution in [0, 0.1) is 0 Å². The molecule has 2 fully saturated rings. The summed E-state index contributed by atoms with van der Waals surface area (Å²) in [6.45, 7) is 2.97. The van der Waals surface area contributed by atoms with E-state index in [-0.39, 0.29) is 24.0 Å². The van der Waals surface area contributed by atoms with Gasteiger partial charge >= 0.3 is 0 Å². The maximum atomic E-state index is 4.47. The average molecular weight is 466 g/mol. The van der Waals surface area contributed by atoms with Crippen molar-refractivity contribution in [2.24, 2.45) is 4.99 Å². The molecule has 2 aromatic rings. The molecule has 1 unspecified atom stereocenters. The Morgan fingerprint density at radius 3 is 2.81 bits per heavy atom. The molecule has 2 heterocycles. The first-order chi connectivity index (χ1) is 12.3. The lowest BCUT2D eigenvalue weighted by Gasteiger charge is -2.18. The smallest absolute Gasteiger partial charge is 0.191 e. The highest BCUT2D eigenvalue weighted by molar-refractivity contribution is 14.0. The summed E-state index contributed by atoms with van der Waals surface area (Å²) >= 11 is 0. The monoisotopic (exact) mass is 466 g/mol. The topological polar surface area (TPSA) is 68.3 Å². The maximum Gasteiger partial charge on any atom is 0.191 e. The van der Waals surface area contributed by atoms with E-state index in [1.807, 2.05) is 31.4 Å². The number of likely N-dealkylation sites (tertiary alicyclic amines) is 1. The van der Waals surface area contributed by atoms with Crippen LogP contribution in [-0.2, 0) is 6.54 Å². The Hall–Kier alpha value is -1.61. The van der Waals surface area contributed by atoms with Crippen LogP contribution in [0.4, 0.5) is 0 Å². The Morgan fingerprint density at radius 1 is 1.27 bits per heavy atom. The van der Waals surface area contributed by atoms with Crippen LogP contribution in [0.1, 0.15) is 25.1 Å². The third-order valence-corrected chi connectivity index (χ3v) is 4.98. The zero-order valence-corrected chi connectivity index (χ0v) is 17.4. The fourth-order valence-corrected chi connectivity index (χ4v) is 3.45. The predicted molar refractivity (Wildman–Crippen MR) is 116 cm³/mol. The molecule has 0 spiro atoms. The number of guanidine groups is 1. The molecule has 0 bridgehead atoms. The number of hydrogen-bond acceptors (Lipinski definition) is 3. The fraction of sp³-hybridized carbons (Fsp3) is 0.474. The van der Waals surface area contributed by atoms with Crippen LogP contribution in [0.3, 0.4) is 0 Å². The zero-order chi connectivity index (χ0) is 17.1. The summed E-state index contributed by atoms with van der Waals surface area (Å²) in [6, 6.07) is 11.6. The molecule has 7 heteroatoms. The van der Waals surface area contributed by atoms with Crippen molar-refractivity contribution in [3.05, 3.63) is 42.4 Å². The lowest BCUT2D eigenvalue weighted by atomic mass is 10.2. The number of benzene rings is 1. The molecule has 1 aliphatic carbocycles. The van der Waals surface area contributed by atoms with Gasteiger partial charge < -0.3 is 15.6 Å². The van der Waals surface area contributed by atoms with Crippen molar-refractivity contribution in [2.45, 2.75) is 37.9 Å². The number of H-pyrrole nitrogens is 1. The van der Waals surface area contributed by atoms with Gasteiger partial charge in [0.05, 0.1) is 18.4 Å². The Labute approximate surface area is 171 Å². The van der Waals surface area contributed by atoms with Crippen molar-refractivity contribution in [3.63, 3.8) is 0 Å². The fourth-order valence-electron chi connectivity index (χ4n) is 3.45. The summed E-state index contributed by atoms with van der Waals surface area (Å²) in [6.07, 6.45) is 5.83. The lowest BCUT2D eigenvalue weighted by molar-refractivity contribution is 0.321. The molecule has 140 valence electrons. The zero-order valence-electron chi connectivity index (χ0n) is 15.1. The largest absolute Gasteiger partial charge is 0.352 e. The van der Waals surface area contributed by atoms with Crippen molar-refractivity contribution in [1.29, 1.82) is 0 Å². The van der Waals surface area contributed by atoms with E-state index in [2.05, 4.69) is 42.6 Å². The highest BCUT2D eigenvalue weighted by Crippen LogP contribution is 2.29. The van der Waals surface area contributed by atoms with E-state index in [4.69, 9.17) is 0 Å². The molecule has 1 atom stereocenters. The number of rotatable bonds is 5. The van der Waals surface area contributed by atoms with Gasteiger partial charge in [0, 0.05) is 32.2 Å². The van der Waals surface area contributed by atoms with Gasteiger partial charge in [-0.15, -0.1) is 24.0 Å². The summed E-state index contributed by atoms with van der Waals surface area (Å²) < 4.78 is 0.